The molecule has 0 spiro atoms. The molecule has 1 heterocycles. The fraction of sp³-hybridized carbons (Fsp3) is 0.429. The molecule has 0 bridgehead atoms. The maximum atomic E-state index is 10.8. The van der Waals surface area contributed by atoms with Crippen LogP contribution in [0.3, 0.4) is 0 Å². The average Bonchev–Trinajstić information content (AvgIpc) is 2.55. The molecule has 0 radical (unpaired) electrons. The molecule has 0 saturated carbocycles. The Morgan fingerprint density at radius 1 is 1.83 bits per heavy atom. The second kappa shape index (κ2) is 4.11. The average molecular weight is 189 g/mol. The third-order valence-corrected chi connectivity index (χ3v) is 1.68. The maximum Gasteiger partial charge on any atom is 0.325 e. The molecule has 5 heteroatoms. The second-order valence-electron chi connectivity index (χ2n) is 2.22. The molecule has 0 aliphatic heterocycles. The van der Waals surface area contributed by atoms with Gasteiger partial charge in [0, 0.05) is 12.4 Å². The van der Waals surface area contributed by atoms with Gasteiger partial charge >= 0.3 is 5.97 Å². The quantitative estimate of drug-likeness (QED) is 0.517. The van der Waals surface area contributed by atoms with Crippen LogP contribution in [0.1, 0.15) is 0 Å². The van der Waals surface area contributed by atoms with Crippen LogP contribution in [-0.4, -0.2) is 28.2 Å². The maximum absolute atomic E-state index is 10.8. The largest absolute Gasteiger partial charge is 0.468 e. The van der Waals surface area contributed by atoms with E-state index >= 15 is 0 Å². The number of methoxy groups -OCH3 is 1. The van der Waals surface area contributed by atoms with Gasteiger partial charge in [-0.15, -0.1) is 11.6 Å². The predicted molar refractivity (Wildman–Crippen MR) is 43.9 cm³/mol. The van der Waals surface area contributed by atoms with Crippen molar-refractivity contribution in [3.8, 4) is 0 Å². The molecule has 0 aliphatic carbocycles. The Labute approximate surface area is 75.1 Å². The molecule has 0 amide bonds. The summed E-state index contributed by atoms with van der Waals surface area (Å²) < 4.78 is 6.03. The summed E-state index contributed by atoms with van der Waals surface area (Å²) in [6.07, 6.45) is 3.36. The zero-order valence-corrected chi connectivity index (χ0v) is 7.36. The second-order valence-corrected chi connectivity index (χ2v) is 2.75. The summed E-state index contributed by atoms with van der Waals surface area (Å²) in [7, 11) is 1.31. The monoisotopic (exact) mass is 188 g/mol. The standard InChI is InChI=1S/C7H9ClN2O2/c1-12-7(11)6(8)5-10-4-2-3-9-10/h2-4,6H,5H2,1H3. The van der Waals surface area contributed by atoms with Crippen LogP contribution in [0.5, 0.6) is 0 Å². The van der Waals surface area contributed by atoms with Crippen LogP contribution >= 0.6 is 11.6 Å². The lowest BCUT2D eigenvalue weighted by Gasteiger charge is -2.06. The Kier molecular flexibility index (Phi) is 3.10. The molecule has 4 nitrogen and oxygen atoms in total. The van der Waals surface area contributed by atoms with Gasteiger partial charge in [0.05, 0.1) is 13.7 Å². The topological polar surface area (TPSA) is 44.1 Å². The van der Waals surface area contributed by atoms with Crippen molar-refractivity contribution in [1.29, 1.82) is 0 Å². The molecule has 0 fully saturated rings. The van der Waals surface area contributed by atoms with E-state index in [0.717, 1.165) is 0 Å². The minimum absolute atomic E-state index is 0.335. The minimum Gasteiger partial charge on any atom is -0.468 e. The number of hydrogen-bond donors (Lipinski definition) is 0. The van der Waals surface area contributed by atoms with Gasteiger partial charge in [0.1, 0.15) is 0 Å². The van der Waals surface area contributed by atoms with Crippen molar-refractivity contribution in [2.24, 2.45) is 0 Å². The first-order valence-corrected chi connectivity index (χ1v) is 3.87. The summed E-state index contributed by atoms with van der Waals surface area (Å²) in [4.78, 5) is 10.8. The van der Waals surface area contributed by atoms with E-state index in [-0.39, 0.29) is 0 Å². The van der Waals surface area contributed by atoms with E-state index < -0.39 is 11.3 Å². The highest BCUT2D eigenvalue weighted by Gasteiger charge is 2.15. The van der Waals surface area contributed by atoms with Crippen LogP contribution in [0.15, 0.2) is 18.5 Å². The van der Waals surface area contributed by atoms with Crippen LogP contribution in [0.25, 0.3) is 0 Å². The molecule has 1 atom stereocenters. The van der Waals surface area contributed by atoms with Crippen molar-refractivity contribution in [1.82, 2.24) is 9.78 Å². The SMILES string of the molecule is COC(=O)C(Cl)Cn1cccn1. The first kappa shape index (κ1) is 9.06. The molecule has 0 aromatic carbocycles. The van der Waals surface area contributed by atoms with Crippen LogP contribution in [0, 0.1) is 0 Å². The summed E-state index contributed by atoms with van der Waals surface area (Å²) in [6.45, 7) is 0.335. The fourth-order valence-corrected chi connectivity index (χ4v) is 1.01. The molecule has 1 rings (SSSR count). The first-order valence-electron chi connectivity index (χ1n) is 3.43. The third-order valence-electron chi connectivity index (χ3n) is 1.36. The fourth-order valence-electron chi connectivity index (χ4n) is 0.775. The highest BCUT2D eigenvalue weighted by atomic mass is 35.5. The molecule has 12 heavy (non-hydrogen) atoms. The Morgan fingerprint density at radius 3 is 3.08 bits per heavy atom. The van der Waals surface area contributed by atoms with E-state index in [4.69, 9.17) is 11.6 Å². The molecule has 0 saturated heterocycles. The number of rotatable bonds is 3. The molecule has 1 aromatic heterocycles. The normalized spacial score (nSPS) is 12.5. The van der Waals surface area contributed by atoms with Crippen molar-refractivity contribution in [2.45, 2.75) is 11.9 Å². The highest BCUT2D eigenvalue weighted by molar-refractivity contribution is 6.29. The van der Waals surface area contributed by atoms with Crippen molar-refractivity contribution in [2.75, 3.05) is 7.11 Å². The number of halogens is 1. The van der Waals surface area contributed by atoms with Gasteiger partial charge in [0.15, 0.2) is 5.38 Å². The Morgan fingerprint density at radius 2 is 2.58 bits per heavy atom. The number of ether oxygens (including phenoxy) is 1. The summed E-state index contributed by atoms with van der Waals surface area (Å²) in [5.74, 6) is -0.438. The van der Waals surface area contributed by atoms with Gasteiger partial charge in [-0.3, -0.25) is 9.48 Å². The summed E-state index contributed by atoms with van der Waals surface area (Å²) in [6, 6.07) is 1.76. The van der Waals surface area contributed by atoms with Gasteiger partial charge in [0.2, 0.25) is 0 Å². The van der Waals surface area contributed by atoms with E-state index in [1.165, 1.54) is 7.11 Å². The molecule has 66 valence electrons. The van der Waals surface area contributed by atoms with Gasteiger partial charge in [-0.25, -0.2) is 0 Å². The number of carbonyl (C=O) groups excluding carboxylic acids is 1. The number of nitrogens with zero attached hydrogens (tertiary/aromatic N) is 2. The first-order chi connectivity index (χ1) is 5.74. The Bertz CT molecular complexity index is 248. The van der Waals surface area contributed by atoms with E-state index in [9.17, 15) is 4.79 Å². The Balaban J connectivity index is 2.47. The summed E-state index contributed by atoms with van der Waals surface area (Å²) >= 11 is 5.69. The number of carbonyl (C=O) groups is 1. The zero-order valence-electron chi connectivity index (χ0n) is 6.61. The van der Waals surface area contributed by atoms with Crippen molar-refractivity contribution in [3.63, 3.8) is 0 Å². The molecule has 1 aromatic rings. The summed E-state index contributed by atoms with van der Waals surface area (Å²) in [5.41, 5.74) is 0. The molecular formula is C7H9ClN2O2. The lowest BCUT2D eigenvalue weighted by atomic mass is 10.4. The Hall–Kier alpha value is -1.03. The van der Waals surface area contributed by atoms with E-state index in [2.05, 4.69) is 9.84 Å². The van der Waals surface area contributed by atoms with Crippen LogP contribution in [0.4, 0.5) is 0 Å². The number of aromatic nitrogens is 2. The van der Waals surface area contributed by atoms with Crippen molar-refractivity contribution < 1.29 is 9.53 Å². The number of hydrogen-bond acceptors (Lipinski definition) is 3. The molecule has 1 unspecified atom stereocenters. The van der Waals surface area contributed by atoms with Crippen LogP contribution in [0.2, 0.25) is 0 Å². The van der Waals surface area contributed by atoms with Gasteiger partial charge in [-0.2, -0.15) is 5.10 Å². The predicted octanol–water partition coefficient (Wildman–Crippen LogP) is 0.663. The molecular weight excluding hydrogens is 180 g/mol. The number of esters is 1. The lowest BCUT2D eigenvalue weighted by molar-refractivity contribution is -0.140. The number of alkyl halides is 1. The smallest absolute Gasteiger partial charge is 0.325 e. The molecule has 0 N–H and O–H groups in total. The van der Waals surface area contributed by atoms with Crippen LogP contribution in [-0.2, 0) is 16.1 Å². The van der Waals surface area contributed by atoms with E-state index in [1.54, 1.807) is 23.1 Å². The van der Waals surface area contributed by atoms with Gasteiger partial charge in [-0.05, 0) is 6.07 Å². The highest BCUT2D eigenvalue weighted by Crippen LogP contribution is 2.01. The van der Waals surface area contributed by atoms with Crippen molar-refractivity contribution in [3.05, 3.63) is 18.5 Å². The van der Waals surface area contributed by atoms with Gasteiger partial charge in [-0.1, -0.05) is 0 Å². The zero-order chi connectivity index (χ0) is 8.97. The molecule has 0 aliphatic rings. The van der Waals surface area contributed by atoms with E-state index in [0.29, 0.717) is 6.54 Å². The van der Waals surface area contributed by atoms with E-state index in [1.807, 2.05) is 0 Å². The summed E-state index contributed by atoms with van der Waals surface area (Å²) in [5, 5.41) is 3.23. The lowest BCUT2D eigenvalue weighted by Crippen LogP contribution is -2.22. The third kappa shape index (κ3) is 2.23. The minimum atomic E-state index is -0.671. The van der Waals surface area contributed by atoms with Gasteiger partial charge < -0.3 is 4.74 Å². The van der Waals surface area contributed by atoms with Gasteiger partial charge in [0.25, 0.3) is 0 Å². The van der Waals surface area contributed by atoms with Crippen molar-refractivity contribution >= 4 is 17.6 Å². The van der Waals surface area contributed by atoms with Crippen LogP contribution < -0.4 is 0 Å².